The average Bonchev–Trinajstić information content (AvgIpc) is 3.43. The number of rotatable bonds is 36. The molecular formula is C54H102N2O23Si3. The largest absolute Gasteiger partial charge is 0.398 e. The van der Waals surface area contributed by atoms with Gasteiger partial charge in [0.2, 0.25) is 0 Å². The van der Waals surface area contributed by atoms with E-state index >= 15 is 0 Å². The molecule has 3 N–H and O–H groups in total. The predicted octanol–water partition coefficient (Wildman–Crippen LogP) is 6.41. The van der Waals surface area contributed by atoms with Crippen molar-refractivity contribution in [1.29, 1.82) is 0 Å². The van der Waals surface area contributed by atoms with Crippen LogP contribution in [-0.2, 0) is 98.0 Å². The molecule has 0 bridgehead atoms. The highest BCUT2D eigenvalue weighted by Gasteiger charge is 2.29. The number of carbonyl (C=O) groups is 6. The lowest BCUT2D eigenvalue weighted by Gasteiger charge is -2.22. The summed E-state index contributed by atoms with van der Waals surface area (Å²) in [4.78, 5) is 66.9. The average molecular weight is 1230 g/mol. The normalized spacial score (nSPS) is 10.2. The zero-order chi connectivity index (χ0) is 65.3. The Balaban J connectivity index is -0.000000163. The summed E-state index contributed by atoms with van der Waals surface area (Å²) in [6, 6.07) is 2.98. The van der Waals surface area contributed by atoms with Gasteiger partial charge < -0.3 is 89.6 Å². The number of nitrogens with one attached hydrogen (secondary N) is 1. The Hall–Kier alpha value is -5.13. The molecule has 0 rings (SSSR count). The standard InChI is InChI=1S/C12H19NO5.2C9H10O4.3C7H18O3Si.C3H9NO/c1-9(2)12(16)18-10(3)17-11(15)5-6-13(4)7-8-14;2*1-5-8(10)12-7(4)13-9(11)6(2)3;3*1-8-6-5-7-11(4,9-2)10-3;1-4-2-3-5/h14H,1,3,5-8H2,2,4H3;2*5H,1-2,4H2,3H3;3*5-7H2,1-4H3;4-5H,2-3H2,1H3. The van der Waals surface area contributed by atoms with E-state index in [2.05, 4.69) is 101 Å². The second kappa shape index (κ2) is 59.0. The molecule has 28 heteroatoms. The number of aliphatic hydroxyl groups is 2. The Bertz CT molecular complexity index is 1740. The molecule has 0 aromatic rings. The number of hydrogen-bond acceptors (Lipinski definition) is 25. The van der Waals surface area contributed by atoms with Gasteiger partial charge in [0.05, 0.1) is 19.6 Å². The Morgan fingerprint density at radius 3 is 0.951 bits per heavy atom. The number of nitrogens with zero attached hydrogens (tertiary/aromatic N) is 1. The Morgan fingerprint density at radius 1 is 0.476 bits per heavy atom. The van der Waals surface area contributed by atoms with E-state index in [0.29, 0.717) is 19.6 Å². The van der Waals surface area contributed by atoms with Crippen LogP contribution < -0.4 is 5.32 Å². The van der Waals surface area contributed by atoms with E-state index in [0.717, 1.165) is 69.4 Å². The van der Waals surface area contributed by atoms with Crippen molar-refractivity contribution >= 4 is 61.5 Å². The predicted molar refractivity (Wildman–Crippen MR) is 320 cm³/mol. The first-order valence-corrected chi connectivity index (χ1v) is 32.8. The van der Waals surface area contributed by atoms with Crippen molar-refractivity contribution in [3.05, 3.63) is 99.3 Å². The van der Waals surface area contributed by atoms with Gasteiger partial charge in [0.15, 0.2) is 0 Å². The first-order chi connectivity index (χ1) is 38.3. The minimum atomic E-state index is -1.81. The van der Waals surface area contributed by atoms with Gasteiger partial charge >= 0.3 is 61.5 Å². The molecular weight excluding hydrogens is 1130 g/mol. The van der Waals surface area contributed by atoms with Crippen LogP contribution in [0.2, 0.25) is 37.8 Å². The van der Waals surface area contributed by atoms with Crippen molar-refractivity contribution in [2.45, 2.75) is 84.2 Å². The summed E-state index contributed by atoms with van der Waals surface area (Å²) < 4.78 is 73.6. The summed E-state index contributed by atoms with van der Waals surface area (Å²) in [5, 5.41) is 19.4. The Morgan fingerprint density at radius 2 is 0.756 bits per heavy atom. The molecule has 0 saturated heterocycles. The maximum absolute atomic E-state index is 11.3. The lowest BCUT2D eigenvalue weighted by molar-refractivity contribution is -0.152. The van der Waals surface area contributed by atoms with Crippen LogP contribution in [0.3, 0.4) is 0 Å². The zero-order valence-corrected chi connectivity index (χ0v) is 55.3. The van der Waals surface area contributed by atoms with Gasteiger partial charge in [0.25, 0.3) is 17.8 Å². The molecule has 0 saturated carbocycles. The topological polar surface area (TPSA) is 297 Å². The smallest absolute Gasteiger partial charge is 0.340 e. The third-order valence-electron chi connectivity index (χ3n) is 9.72. The fraction of sp³-hybridized carbons (Fsp3) is 0.593. The van der Waals surface area contributed by atoms with Crippen LogP contribution in [0.25, 0.3) is 0 Å². The summed E-state index contributed by atoms with van der Waals surface area (Å²) in [7, 11) is 13.5. The van der Waals surface area contributed by atoms with Gasteiger partial charge in [0, 0.05) is 132 Å². The fourth-order valence-corrected chi connectivity index (χ4v) is 8.36. The monoisotopic (exact) mass is 1230 g/mol. The molecule has 0 spiro atoms. The lowest BCUT2D eigenvalue weighted by Crippen LogP contribution is -2.36. The van der Waals surface area contributed by atoms with E-state index < -0.39 is 73.4 Å². The highest BCUT2D eigenvalue weighted by Crippen LogP contribution is 2.15. The molecule has 0 aromatic heterocycles. The third-order valence-corrected chi connectivity index (χ3v) is 18.7. The number of hydrogen-bond donors (Lipinski definition) is 3. The van der Waals surface area contributed by atoms with Gasteiger partial charge in [-0.15, -0.1) is 0 Å². The molecule has 0 radical (unpaired) electrons. The molecule has 0 amide bonds. The highest BCUT2D eigenvalue weighted by atomic mass is 28.4. The molecule has 0 aliphatic carbocycles. The van der Waals surface area contributed by atoms with Gasteiger partial charge in [-0.3, -0.25) is 4.79 Å². The van der Waals surface area contributed by atoms with E-state index in [-0.39, 0.29) is 42.3 Å². The van der Waals surface area contributed by atoms with Gasteiger partial charge in [-0.05, 0) is 112 Å². The van der Waals surface area contributed by atoms with E-state index in [1.54, 1.807) is 83.0 Å². The van der Waals surface area contributed by atoms with Crippen LogP contribution in [0.1, 0.15) is 46.5 Å². The maximum atomic E-state index is 11.3. The molecule has 25 nitrogen and oxygen atoms in total. The van der Waals surface area contributed by atoms with Gasteiger partial charge in [0.1, 0.15) is 0 Å². The first-order valence-electron chi connectivity index (χ1n) is 25.2. The fourth-order valence-electron chi connectivity index (χ4n) is 4.27. The van der Waals surface area contributed by atoms with E-state index in [9.17, 15) is 28.8 Å². The number of methoxy groups -OCH3 is 3. The summed E-state index contributed by atoms with van der Waals surface area (Å²) in [5.41, 5.74) is 0.571. The Kier molecular flexibility index (Phi) is 65.3. The van der Waals surface area contributed by atoms with Crippen LogP contribution in [0, 0.1) is 0 Å². The summed E-state index contributed by atoms with van der Waals surface area (Å²) in [5.74, 6) is -5.25. The van der Waals surface area contributed by atoms with Crippen LogP contribution in [0.15, 0.2) is 99.3 Å². The molecule has 82 heavy (non-hydrogen) atoms. The number of carbonyl (C=O) groups excluding carboxylic acids is 6. The molecule has 0 aliphatic heterocycles. The molecule has 0 atom stereocenters. The zero-order valence-electron chi connectivity index (χ0n) is 52.3. The summed E-state index contributed by atoms with van der Waals surface area (Å²) in [6.45, 7) is 40.8. The van der Waals surface area contributed by atoms with Crippen LogP contribution in [0.4, 0.5) is 0 Å². The molecule has 0 heterocycles. The minimum Gasteiger partial charge on any atom is -0.398 e. The molecule has 0 unspecified atom stereocenters. The van der Waals surface area contributed by atoms with Gasteiger partial charge in [-0.2, -0.15) is 0 Å². The van der Waals surface area contributed by atoms with E-state index in [4.69, 9.17) is 55.7 Å². The molecule has 0 fully saturated rings. The van der Waals surface area contributed by atoms with Gasteiger partial charge in [-0.1, -0.05) is 32.9 Å². The summed E-state index contributed by atoms with van der Waals surface area (Å²) in [6.07, 6.45) is 5.02. The first kappa shape index (κ1) is 90.6. The summed E-state index contributed by atoms with van der Waals surface area (Å²) >= 11 is 0. The van der Waals surface area contributed by atoms with Crippen molar-refractivity contribution in [1.82, 2.24) is 10.2 Å². The number of ether oxygens (including phenoxy) is 9. The quantitative estimate of drug-likeness (QED) is 0.0152. The van der Waals surface area contributed by atoms with E-state index in [1.807, 2.05) is 0 Å². The minimum absolute atomic E-state index is 0.0223. The molecule has 478 valence electrons. The lowest BCUT2D eigenvalue weighted by atomic mass is 10.4. The van der Waals surface area contributed by atoms with E-state index in [1.165, 1.54) is 20.8 Å². The van der Waals surface area contributed by atoms with Crippen LogP contribution >= 0.6 is 0 Å². The van der Waals surface area contributed by atoms with Crippen LogP contribution in [-0.4, -0.2) is 207 Å². The number of esters is 6. The van der Waals surface area contributed by atoms with Crippen LogP contribution in [0.5, 0.6) is 0 Å². The SMILES string of the molecule is C=C(OC(=O)CCN(C)CCO)OC(=O)C(=C)C.C=CC(=O)OC(=C)OC(=O)C(=C)C.C=CC(=O)OC(=C)OC(=O)C(=C)C.CNCCO.COCCC[Si](C)(OC)OC.COCCC[Si](C)(OC)OC.COCCC[Si](C)(OC)OC. The highest BCUT2D eigenvalue weighted by molar-refractivity contribution is 6.66. The second-order valence-corrected chi connectivity index (χ2v) is 27.6. The number of aliphatic hydroxyl groups excluding tert-OH is 2. The number of likely N-dealkylation sites (N-methyl/N-ethyl adjacent to an activating group) is 2. The molecule has 0 aliphatic rings. The van der Waals surface area contributed by atoms with Crippen molar-refractivity contribution in [3.63, 3.8) is 0 Å². The van der Waals surface area contributed by atoms with Gasteiger partial charge in [-0.25, -0.2) is 24.0 Å². The van der Waals surface area contributed by atoms with Crippen molar-refractivity contribution in [2.75, 3.05) is 131 Å². The Labute approximate surface area is 492 Å². The second-order valence-electron chi connectivity index (χ2n) is 16.9. The van der Waals surface area contributed by atoms with Crippen molar-refractivity contribution < 1.29 is 108 Å². The third kappa shape index (κ3) is 62.5. The maximum Gasteiger partial charge on any atom is 0.340 e. The van der Waals surface area contributed by atoms with Crippen molar-refractivity contribution in [2.24, 2.45) is 0 Å². The van der Waals surface area contributed by atoms with Crippen molar-refractivity contribution in [3.8, 4) is 0 Å². The molecule has 0 aromatic carbocycles.